The van der Waals surface area contributed by atoms with Crippen molar-refractivity contribution in [1.29, 1.82) is 0 Å². The largest absolute Gasteiger partial charge is 0.465 e. The number of thioether (sulfide) groups is 1. The van der Waals surface area contributed by atoms with E-state index in [9.17, 15) is 9.59 Å². The molecule has 7 nitrogen and oxygen atoms in total. The van der Waals surface area contributed by atoms with Crippen LogP contribution in [0.3, 0.4) is 0 Å². The van der Waals surface area contributed by atoms with Gasteiger partial charge in [0.1, 0.15) is 0 Å². The summed E-state index contributed by atoms with van der Waals surface area (Å²) >= 11 is 1.33. The molecule has 3 heterocycles. The highest BCUT2D eigenvalue weighted by molar-refractivity contribution is 8.18. The number of amides is 2. The molecular weight excluding hydrogens is 366 g/mol. The number of rotatable bonds is 2. The van der Waals surface area contributed by atoms with E-state index in [1.54, 1.807) is 6.92 Å². The highest BCUT2D eigenvalue weighted by Gasteiger charge is 2.43. The van der Waals surface area contributed by atoms with Crippen LogP contribution in [0.25, 0.3) is 0 Å². The molecule has 3 aliphatic heterocycles. The van der Waals surface area contributed by atoms with Crippen LogP contribution in [-0.2, 0) is 21.7 Å². The summed E-state index contributed by atoms with van der Waals surface area (Å²) < 4.78 is 6.18. The predicted molar refractivity (Wildman–Crippen MR) is 102 cm³/mol. The maximum Gasteiger partial charge on any atom is 0.404 e. The van der Waals surface area contributed by atoms with Crippen molar-refractivity contribution in [3.8, 4) is 0 Å². The Hall–Kier alpha value is -2.32. The lowest BCUT2D eigenvalue weighted by Crippen LogP contribution is -2.44. The lowest BCUT2D eigenvalue weighted by Gasteiger charge is -2.39. The molecule has 1 saturated heterocycles. The van der Waals surface area contributed by atoms with Crippen molar-refractivity contribution in [1.82, 2.24) is 10.2 Å². The Labute approximate surface area is 161 Å². The van der Waals surface area contributed by atoms with Crippen LogP contribution < -0.4 is 5.32 Å². The zero-order chi connectivity index (χ0) is 19.0. The molecule has 0 bridgehead atoms. The van der Waals surface area contributed by atoms with E-state index >= 15 is 0 Å². The number of amidine groups is 1. The molecule has 4 rings (SSSR count). The maximum absolute atomic E-state index is 12.2. The zero-order valence-electron chi connectivity index (χ0n) is 15.0. The maximum atomic E-state index is 12.2. The molecule has 8 heteroatoms. The Morgan fingerprint density at radius 3 is 2.85 bits per heavy atom. The van der Waals surface area contributed by atoms with Gasteiger partial charge in [0.25, 0.3) is 5.91 Å². The quantitative estimate of drug-likeness (QED) is 0.758. The number of benzene rings is 1. The van der Waals surface area contributed by atoms with E-state index in [0.29, 0.717) is 22.3 Å². The van der Waals surface area contributed by atoms with Gasteiger partial charge in [0.15, 0.2) is 5.17 Å². The van der Waals surface area contributed by atoms with Crippen LogP contribution in [0.1, 0.15) is 30.9 Å². The topological polar surface area (TPSA) is 91.2 Å². The number of ether oxygens (including phenoxy) is 1. The number of aliphatic imine (C=N–C) groups is 1. The Bertz CT molecular complexity index is 856. The molecule has 0 aliphatic carbocycles. The summed E-state index contributed by atoms with van der Waals surface area (Å²) in [5.74, 6) is -0.289. The number of likely N-dealkylation sites (tertiary alicyclic amines) is 1. The zero-order valence-corrected chi connectivity index (χ0v) is 15.8. The van der Waals surface area contributed by atoms with Gasteiger partial charge in [-0.05, 0) is 48.2 Å². The minimum atomic E-state index is -1.11. The number of piperidine rings is 1. The van der Waals surface area contributed by atoms with Crippen LogP contribution in [0, 0.1) is 0 Å². The first-order valence-corrected chi connectivity index (χ1v) is 9.75. The predicted octanol–water partition coefficient (Wildman–Crippen LogP) is 2.68. The molecule has 0 aromatic heterocycles. The first kappa shape index (κ1) is 18.1. The van der Waals surface area contributed by atoms with Crippen molar-refractivity contribution in [3.63, 3.8) is 0 Å². The van der Waals surface area contributed by atoms with Gasteiger partial charge in [-0.1, -0.05) is 24.3 Å². The number of nitrogens with one attached hydrogen (secondary N) is 1. The highest BCUT2D eigenvalue weighted by atomic mass is 32.2. The van der Waals surface area contributed by atoms with Gasteiger partial charge in [-0.15, -0.1) is 0 Å². The third-order valence-electron chi connectivity index (χ3n) is 5.33. The minimum absolute atomic E-state index is 0.125. The summed E-state index contributed by atoms with van der Waals surface area (Å²) in [6.45, 7) is 4.08. The van der Waals surface area contributed by atoms with Gasteiger partial charge in [-0.25, -0.2) is 4.79 Å². The highest BCUT2D eigenvalue weighted by Crippen LogP contribution is 2.45. The van der Waals surface area contributed by atoms with E-state index < -0.39 is 6.09 Å². The van der Waals surface area contributed by atoms with Gasteiger partial charge >= 0.3 is 6.09 Å². The summed E-state index contributed by atoms with van der Waals surface area (Å²) in [6.07, 6.45) is 0.608. The monoisotopic (exact) mass is 387 g/mol. The summed E-state index contributed by atoms with van der Waals surface area (Å²) in [6, 6.07) is 8.38. The number of carbonyl (C=O) groups is 2. The van der Waals surface area contributed by atoms with E-state index in [1.807, 2.05) is 6.07 Å². The van der Waals surface area contributed by atoms with Crippen molar-refractivity contribution in [3.05, 3.63) is 45.9 Å². The Morgan fingerprint density at radius 2 is 2.11 bits per heavy atom. The second-order valence-corrected chi connectivity index (χ2v) is 7.97. The first-order chi connectivity index (χ1) is 13.0. The van der Waals surface area contributed by atoms with Crippen LogP contribution in [0.5, 0.6) is 0 Å². The molecule has 1 aromatic rings. The normalized spacial score (nSPS) is 22.6. The van der Waals surface area contributed by atoms with Gasteiger partial charge in [0.2, 0.25) is 0 Å². The second kappa shape index (κ2) is 7.01. The van der Waals surface area contributed by atoms with Gasteiger partial charge in [0.05, 0.1) is 17.1 Å². The van der Waals surface area contributed by atoms with Crippen molar-refractivity contribution in [2.75, 3.05) is 19.6 Å². The molecule has 0 radical (unpaired) electrons. The van der Waals surface area contributed by atoms with Crippen LogP contribution in [0.15, 0.2) is 39.7 Å². The molecule has 27 heavy (non-hydrogen) atoms. The lowest BCUT2D eigenvalue weighted by atomic mass is 9.84. The van der Waals surface area contributed by atoms with Crippen molar-refractivity contribution in [2.24, 2.45) is 4.99 Å². The van der Waals surface area contributed by atoms with E-state index in [1.165, 1.54) is 22.9 Å². The standard InChI is InChI=1S/C19H21N3O4S/c1-12(10-20-18(24)25)15-16(23)21-17(27-15)22-8-6-19(7-9-22)14-5-3-2-4-13(14)11-26-19/h2-5,20H,6-11H2,1H3,(H,24,25)/b15-12+. The van der Waals surface area contributed by atoms with Crippen molar-refractivity contribution < 1.29 is 19.4 Å². The summed E-state index contributed by atoms with van der Waals surface area (Å²) in [5.41, 5.74) is 3.02. The fourth-order valence-electron chi connectivity index (χ4n) is 3.85. The Balaban J connectivity index is 1.43. The van der Waals surface area contributed by atoms with Gasteiger partial charge < -0.3 is 20.1 Å². The molecule has 2 N–H and O–H groups in total. The van der Waals surface area contributed by atoms with E-state index in [-0.39, 0.29) is 18.1 Å². The van der Waals surface area contributed by atoms with Crippen LogP contribution in [-0.4, -0.2) is 46.8 Å². The average Bonchev–Trinajstić information content (AvgIpc) is 3.22. The fraction of sp³-hybridized carbons (Fsp3) is 0.421. The molecule has 2 amide bonds. The fourth-order valence-corrected chi connectivity index (χ4v) is 4.85. The van der Waals surface area contributed by atoms with Crippen molar-refractivity contribution in [2.45, 2.75) is 32.0 Å². The third-order valence-corrected chi connectivity index (χ3v) is 6.59. The minimum Gasteiger partial charge on any atom is -0.465 e. The summed E-state index contributed by atoms with van der Waals surface area (Å²) in [5, 5.41) is 11.7. The van der Waals surface area contributed by atoms with Gasteiger partial charge in [-0.2, -0.15) is 4.99 Å². The number of hydrogen-bond donors (Lipinski definition) is 2. The Morgan fingerprint density at radius 1 is 1.37 bits per heavy atom. The molecule has 142 valence electrons. The smallest absolute Gasteiger partial charge is 0.404 e. The summed E-state index contributed by atoms with van der Waals surface area (Å²) in [4.78, 5) is 29.7. The molecule has 1 fully saturated rings. The van der Waals surface area contributed by atoms with Crippen LogP contribution in [0.4, 0.5) is 4.79 Å². The van der Waals surface area contributed by atoms with Gasteiger partial charge in [0, 0.05) is 19.6 Å². The lowest BCUT2D eigenvalue weighted by molar-refractivity contribution is -0.113. The van der Waals surface area contributed by atoms with Gasteiger partial charge in [-0.3, -0.25) is 4.79 Å². The Kier molecular flexibility index (Phi) is 4.69. The molecule has 0 unspecified atom stereocenters. The molecule has 0 saturated carbocycles. The van der Waals surface area contributed by atoms with Crippen LogP contribution >= 0.6 is 11.8 Å². The average molecular weight is 387 g/mol. The number of carbonyl (C=O) groups excluding carboxylic acids is 1. The second-order valence-electron chi connectivity index (χ2n) is 7.00. The van der Waals surface area contributed by atoms with E-state index in [4.69, 9.17) is 9.84 Å². The molecule has 3 aliphatic rings. The summed E-state index contributed by atoms with van der Waals surface area (Å²) in [7, 11) is 0. The number of fused-ring (bicyclic) bond motifs is 2. The third kappa shape index (κ3) is 3.35. The molecule has 1 spiro atoms. The van der Waals surface area contributed by atoms with Crippen LogP contribution in [0.2, 0.25) is 0 Å². The molecule has 1 aromatic carbocycles. The van der Waals surface area contributed by atoms with Crippen molar-refractivity contribution >= 4 is 28.9 Å². The van der Waals surface area contributed by atoms with E-state index in [2.05, 4.69) is 33.4 Å². The molecular formula is C19H21N3O4S. The number of nitrogens with zero attached hydrogens (tertiary/aromatic N) is 2. The van der Waals surface area contributed by atoms with E-state index in [0.717, 1.165) is 25.9 Å². The number of carboxylic acid groups (broad SMARTS) is 1. The number of hydrogen-bond acceptors (Lipinski definition) is 5. The molecule has 0 atom stereocenters. The first-order valence-electron chi connectivity index (χ1n) is 8.93. The SMILES string of the molecule is C/C(CNC(=O)O)=C1\SC(N2CCC3(CC2)OCc2ccccc23)=NC1=O.